The van der Waals surface area contributed by atoms with E-state index in [4.69, 9.17) is 5.73 Å². The minimum atomic E-state index is 0.327. The lowest BCUT2D eigenvalue weighted by molar-refractivity contribution is 1.09. The van der Waals surface area contributed by atoms with E-state index >= 15 is 0 Å². The van der Waals surface area contributed by atoms with E-state index in [-0.39, 0.29) is 0 Å². The van der Waals surface area contributed by atoms with Crippen LogP contribution in [0.15, 0.2) is 64.6 Å². The Bertz CT molecular complexity index is 798. The molecule has 2 aromatic rings. The first-order valence-electron chi connectivity index (χ1n) is 6.97. The van der Waals surface area contributed by atoms with Gasteiger partial charge in [-0.25, -0.2) is 0 Å². The van der Waals surface area contributed by atoms with Gasteiger partial charge in [0, 0.05) is 23.2 Å². The van der Waals surface area contributed by atoms with Crippen molar-refractivity contribution in [3.8, 4) is 0 Å². The summed E-state index contributed by atoms with van der Waals surface area (Å²) in [6.45, 7) is 3.71. The number of rotatable bonds is 5. The fourth-order valence-electron chi connectivity index (χ4n) is 2.22. The number of nitrogens with one attached hydrogen (secondary N) is 1. The standard InChI is InChI=1S/C16H16N6/c1-2-3-6-14-15(16(17)22-20-14)21-19-13-7-4-5-11-10-18-9-8-12(11)13/h2,4-5,7-10,19H,1,3,6H2,(H2,17,21,22). The summed E-state index contributed by atoms with van der Waals surface area (Å²) < 4.78 is 0. The second-order valence-corrected chi connectivity index (χ2v) is 4.83. The van der Waals surface area contributed by atoms with Crippen molar-refractivity contribution in [1.29, 1.82) is 0 Å². The first kappa shape index (κ1) is 13.9. The predicted molar refractivity (Wildman–Crippen MR) is 91.3 cm³/mol. The Labute approximate surface area is 128 Å². The van der Waals surface area contributed by atoms with E-state index in [1.165, 1.54) is 0 Å². The number of nitrogens with zero attached hydrogens (tertiary/aromatic N) is 4. The highest BCUT2D eigenvalue weighted by atomic mass is 15.3. The molecule has 22 heavy (non-hydrogen) atoms. The van der Waals surface area contributed by atoms with Crippen LogP contribution in [0.5, 0.6) is 0 Å². The van der Waals surface area contributed by atoms with Crippen molar-refractivity contribution < 1.29 is 0 Å². The molecule has 1 aliphatic rings. The van der Waals surface area contributed by atoms with Gasteiger partial charge >= 0.3 is 0 Å². The third-order valence-corrected chi connectivity index (χ3v) is 3.35. The van der Waals surface area contributed by atoms with Crippen LogP contribution in [0.4, 0.5) is 5.69 Å². The number of benzene rings is 1. The maximum atomic E-state index is 5.85. The predicted octanol–water partition coefficient (Wildman–Crippen LogP) is 2.70. The fourth-order valence-corrected chi connectivity index (χ4v) is 2.22. The normalized spacial score (nSPS) is 15.7. The summed E-state index contributed by atoms with van der Waals surface area (Å²) in [4.78, 5) is 4.12. The fraction of sp³-hybridized carbons (Fsp3) is 0.125. The molecule has 6 nitrogen and oxygen atoms in total. The van der Waals surface area contributed by atoms with E-state index in [0.29, 0.717) is 18.0 Å². The summed E-state index contributed by atoms with van der Waals surface area (Å²) >= 11 is 0. The Balaban J connectivity index is 1.87. The lowest BCUT2D eigenvalue weighted by Gasteiger charge is -2.07. The van der Waals surface area contributed by atoms with Crippen molar-refractivity contribution >= 4 is 33.7 Å². The van der Waals surface area contributed by atoms with E-state index in [0.717, 1.165) is 28.6 Å². The third kappa shape index (κ3) is 2.71. The Morgan fingerprint density at radius 1 is 1.27 bits per heavy atom. The molecule has 0 saturated heterocycles. The molecule has 3 rings (SSSR count). The molecule has 0 amide bonds. The van der Waals surface area contributed by atoms with Gasteiger partial charge in [-0.2, -0.15) is 10.2 Å². The minimum absolute atomic E-state index is 0.327. The van der Waals surface area contributed by atoms with Crippen LogP contribution in [0.1, 0.15) is 12.8 Å². The van der Waals surface area contributed by atoms with Gasteiger partial charge in [-0.1, -0.05) is 18.2 Å². The average Bonchev–Trinajstić information content (AvgIpc) is 2.91. The Kier molecular flexibility index (Phi) is 3.91. The Hall–Kier alpha value is -3.02. The summed E-state index contributed by atoms with van der Waals surface area (Å²) in [6.07, 6.45) is 6.92. The molecule has 0 saturated carbocycles. The molecule has 0 radical (unpaired) electrons. The molecule has 3 N–H and O–H groups in total. The molecule has 110 valence electrons. The molecule has 0 spiro atoms. The maximum absolute atomic E-state index is 5.85. The largest absolute Gasteiger partial charge is 0.380 e. The molecule has 1 aromatic carbocycles. The minimum Gasteiger partial charge on any atom is -0.380 e. The number of hydrogen-bond acceptors (Lipinski definition) is 6. The number of fused-ring (bicyclic) bond motifs is 1. The van der Waals surface area contributed by atoms with Gasteiger partial charge in [-0.15, -0.1) is 11.7 Å². The molecule has 1 aromatic heterocycles. The molecular weight excluding hydrogens is 276 g/mol. The number of nitrogens with two attached hydrogens (primary N) is 1. The zero-order chi connectivity index (χ0) is 15.4. The van der Waals surface area contributed by atoms with E-state index < -0.39 is 0 Å². The van der Waals surface area contributed by atoms with Crippen molar-refractivity contribution in [3.05, 3.63) is 49.3 Å². The second kappa shape index (κ2) is 6.17. The van der Waals surface area contributed by atoms with Gasteiger partial charge < -0.3 is 5.73 Å². The first-order valence-corrected chi connectivity index (χ1v) is 6.97. The molecule has 6 heteroatoms. The molecule has 0 atom stereocenters. The summed E-state index contributed by atoms with van der Waals surface area (Å²) in [5.74, 6) is 0.327. The summed E-state index contributed by atoms with van der Waals surface area (Å²) in [5.41, 5.74) is 11.2. The number of anilines is 1. The number of hydrogen-bond donors (Lipinski definition) is 2. The average molecular weight is 292 g/mol. The van der Waals surface area contributed by atoms with Gasteiger partial charge in [0.25, 0.3) is 0 Å². The van der Waals surface area contributed by atoms with Crippen LogP contribution in [0, 0.1) is 0 Å². The second-order valence-electron chi connectivity index (χ2n) is 4.83. The van der Waals surface area contributed by atoms with Gasteiger partial charge in [0.2, 0.25) is 0 Å². The van der Waals surface area contributed by atoms with E-state index in [1.807, 2.05) is 36.5 Å². The van der Waals surface area contributed by atoms with Crippen molar-refractivity contribution in [2.45, 2.75) is 12.8 Å². The Morgan fingerprint density at radius 2 is 2.18 bits per heavy atom. The number of amidine groups is 1. The van der Waals surface area contributed by atoms with Gasteiger partial charge in [0.15, 0.2) is 11.5 Å². The van der Waals surface area contributed by atoms with Crippen LogP contribution in [-0.2, 0) is 0 Å². The molecule has 0 bridgehead atoms. The van der Waals surface area contributed by atoms with Crippen LogP contribution < -0.4 is 11.2 Å². The topological polar surface area (TPSA) is 88.0 Å². The van der Waals surface area contributed by atoms with Gasteiger partial charge in [-0.3, -0.25) is 10.4 Å². The molecular formula is C16H16N6. The smallest absolute Gasteiger partial charge is 0.175 e. The van der Waals surface area contributed by atoms with Crippen LogP contribution in [-0.4, -0.2) is 22.2 Å². The highest BCUT2D eigenvalue weighted by Gasteiger charge is 2.19. The van der Waals surface area contributed by atoms with Crippen molar-refractivity contribution in [3.63, 3.8) is 0 Å². The van der Waals surface area contributed by atoms with E-state index in [1.54, 1.807) is 6.20 Å². The number of allylic oxidation sites excluding steroid dienone is 1. The monoisotopic (exact) mass is 292 g/mol. The first-order chi connectivity index (χ1) is 10.8. The van der Waals surface area contributed by atoms with Gasteiger partial charge in [0.05, 0.1) is 11.4 Å². The van der Waals surface area contributed by atoms with Crippen molar-refractivity contribution in [1.82, 2.24) is 4.98 Å². The molecule has 0 unspecified atom stereocenters. The van der Waals surface area contributed by atoms with E-state index in [9.17, 15) is 0 Å². The zero-order valence-electron chi connectivity index (χ0n) is 12.0. The zero-order valence-corrected chi connectivity index (χ0v) is 12.0. The third-order valence-electron chi connectivity index (χ3n) is 3.35. The van der Waals surface area contributed by atoms with Crippen LogP contribution in [0.2, 0.25) is 0 Å². The summed E-state index contributed by atoms with van der Waals surface area (Å²) in [5, 5.41) is 14.4. The lowest BCUT2D eigenvalue weighted by atomic mass is 10.1. The van der Waals surface area contributed by atoms with Gasteiger partial charge in [-0.05, 0) is 25.0 Å². The van der Waals surface area contributed by atoms with Crippen LogP contribution in [0.25, 0.3) is 10.8 Å². The van der Waals surface area contributed by atoms with Crippen LogP contribution >= 0.6 is 0 Å². The molecule has 0 fully saturated rings. The number of pyridine rings is 1. The highest BCUT2D eigenvalue weighted by Crippen LogP contribution is 2.22. The number of aromatic nitrogens is 1. The van der Waals surface area contributed by atoms with Gasteiger partial charge in [0.1, 0.15) is 0 Å². The maximum Gasteiger partial charge on any atom is 0.175 e. The quantitative estimate of drug-likeness (QED) is 0.656. The van der Waals surface area contributed by atoms with Crippen LogP contribution in [0.3, 0.4) is 0 Å². The lowest BCUT2D eigenvalue weighted by Crippen LogP contribution is -2.28. The molecule has 2 heterocycles. The number of hydrazone groups is 1. The molecule has 0 aliphatic carbocycles. The summed E-state index contributed by atoms with van der Waals surface area (Å²) in [6, 6.07) is 7.85. The Morgan fingerprint density at radius 3 is 3.05 bits per heavy atom. The SMILES string of the molecule is C=CCCC1=NN=C(N)/C1=N/Nc1cccc2cnccc12. The van der Waals surface area contributed by atoms with Crippen molar-refractivity contribution in [2.75, 3.05) is 5.43 Å². The van der Waals surface area contributed by atoms with Crippen molar-refractivity contribution in [2.24, 2.45) is 21.0 Å². The molecule has 1 aliphatic heterocycles. The highest BCUT2D eigenvalue weighted by molar-refractivity contribution is 6.69. The summed E-state index contributed by atoms with van der Waals surface area (Å²) in [7, 11) is 0. The van der Waals surface area contributed by atoms with E-state index in [2.05, 4.69) is 32.3 Å².